The first-order valence-electron chi connectivity index (χ1n) is 5.96. The summed E-state index contributed by atoms with van der Waals surface area (Å²) in [7, 11) is 0. The van der Waals surface area contributed by atoms with Crippen molar-refractivity contribution in [3.05, 3.63) is 29.3 Å². The Balaban J connectivity index is 2.21. The summed E-state index contributed by atoms with van der Waals surface area (Å²) in [6.45, 7) is 4.45. The van der Waals surface area contributed by atoms with Crippen molar-refractivity contribution >= 4 is 0 Å². The monoisotopic (exact) mass is 204 g/mol. The van der Waals surface area contributed by atoms with Crippen LogP contribution in [-0.4, -0.2) is 5.11 Å². The summed E-state index contributed by atoms with van der Waals surface area (Å²) in [5.74, 6) is 1.96. The van der Waals surface area contributed by atoms with E-state index in [1.807, 2.05) is 12.1 Å². The van der Waals surface area contributed by atoms with Crippen LogP contribution in [0.2, 0.25) is 0 Å². The molecule has 15 heavy (non-hydrogen) atoms. The maximum absolute atomic E-state index is 9.39. The maximum Gasteiger partial charge on any atom is 0.115 e. The Labute approximate surface area is 92.1 Å². The predicted octanol–water partition coefficient (Wildman–Crippen LogP) is 3.99. The highest BCUT2D eigenvalue weighted by Gasteiger charge is 2.21. The molecule has 0 amide bonds. The molecule has 2 rings (SSSR count). The Hall–Kier alpha value is -0.980. The molecule has 2 unspecified atom stereocenters. The maximum atomic E-state index is 9.39. The quantitative estimate of drug-likeness (QED) is 0.733. The number of rotatable bonds is 1. The van der Waals surface area contributed by atoms with Crippen LogP contribution in [0.5, 0.6) is 5.75 Å². The third-order valence-electron chi connectivity index (χ3n) is 3.63. The fourth-order valence-electron chi connectivity index (χ4n) is 2.83. The second-order valence-corrected chi connectivity index (χ2v) is 5.01. The highest BCUT2D eigenvalue weighted by atomic mass is 16.3. The predicted molar refractivity (Wildman–Crippen MR) is 63.2 cm³/mol. The number of benzene rings is 1. The Morgan fingerprint density at radius 2 is 2.07 bits per heavy atom. The van der Waals surface area contributed by atoms with Crippen molar-refractivity contribution in [2.24, 2.45) is 5.92 Å². The van der Waals surface area contributed by atoms with E-state index in [2.05, 4.69) is 19.9 Å². The van der Waals surface area contributed by atoms with Crippen LogP contribution in [-0.2, 0) is 0 Å². The standard InChI is InChI=1S/C14H20O/c1-10-4-3-5-12(8-10)14-7-6-13(15)9-11(14)2/h6-7,9-10,12,15H,3-5,8H2,1-2H3. The number of aromatic hydroxyl groups is 1. The lowest BCUT2D eigenvalue weighted by Gasteiger charge is -2.28. The first-order chi connectivity index (χ1) is 7.16. The Morgan fingerprint density at radius 1 is 1.27 bits per heavy atom. The molecule has 0 spiro atoms. The van der Waals surface area contributed by atoms with Crippen molar-refractivity contribution in [3.63, 3.8) is 0 Å². The molecular weight excluding hydrogens is 184 g/mol. The molecule has 0 bridgehead atoms. The van der Waals surface area contributed by atoms with Crippen LogP contribution in [0.3, 0.4) is 0 Å². The SMILES string of the molecule is Cc1cc(O)ccc1C1CCCC(C)C1. The van der Waals surface area contributed by atoms with Gasteiger partial charge in [-0.15, -0.1) is 0 Å². The molecule has 82 valence electrons. The molecule has 1 saturated carbocycles. The molecule has 0 heterocycles. The smallest absolute Gasteiger partial charge is 0.115 e. The third kappa shape index (κ3) is 2.34. The molecular formula is C14H20O. The first kappa shape index (κ1) is 10.5. The van der Waals surface area contributed by atoms with Gasteiger partial charge in [0.05, 0.1) is 0 Å². The van der Waals surface area contributed by atoms with Crippen LogP contribution in [0, 0.1) is 12.8 Å². The lowest BCUT2D eigenvalue weighted by Crippen LogP contribution is -2.12. The number of phenols is 1. The van der Waals surface area contributed by atoms with Crippen LogP contribution >= 0.6 is 0 Å². The fraction of sp³-hybridized carbons (Fsp3) is 0.571. The van der Waals surface area contributed by atoms with E-state index in [9.17, 15) is 5.11 Å². The van der Waals surface area contributed by atoms with Crippen LogP contribution in [0.4, 0.5) is 0 Å². The number of phenolic OH excluding ortho intramolecular Hbond substituents is 1. The van der Waals surface area contributed by atoms with Gasteiger partial charge < -0.3 is 5.11 Å². The van der Waals surface area contributed by atoms with E-state index >= 15 is 0 Å². The third-order valence-corrected chi connectivity index (χ3v) is 3.63. The average Bonchev–Trinajstić information content (AvgIpc) is 2.17. The molecule has 1 fully saturated rings. The minimum absolute atomic E-state index is 0.389. The summed E-state index contributed by atoms with van der Waals surface area (Å²) in [5.41, 5.74) is 2.69. The van der Waals surface area contributed by atoms with Crippen LogP contribution in [0.15, 0.2) is 18.2 Å². The Bertz CT molecular complexity index is 343. The van der Waals surface area contributed by atoms with Gasteiger partial charge in [-0.05, 0) is 54.9 Å². The van der Waals surface area contributed by atoms with Gasteiger partial charge >= 0.3 is 0 Å². The molecule has 0 aromatic heterocycles. The van der Waals surface area contributed by atoms with E-state index in [4.69, 9.17) is 0 Å². The molecule has 1 aliphatic carbocycles. The molecule has 1 nitrogen and oxygen atoms in total. The largest absolute Gasteiger partial charge is 0.508 e. The molecule has 0 aliphatic heterocycles. The highest BCUT2D eigenvalue weighted by Crippen LogP contribution is 2.37. The summed E-state index contributed by atoms with van der Waals surface area (Å²) < 4.78 is 0. The minimum Gasteiger partial charge on any atom is -0.508 e. The second kappa shape index (κ2) is 4.26. The van der Waals surface area contributed by atoms with Crippen molar-refractivity contribution in [2.45, 2.75) is 45.4 Å². The van der Waals surface area contributed by atoms with Crippen molar-refractivity contribution in [1.29, 1.82) is 0 Å². The zero-order chi connectivity index (χ0) is 10.8. The summed E-state index contributed by atoms with van der Waals surface area (Å²) in [4.78, 5) is 0. The molecule has 1 aromatic carbocycles. The normalized spacial score (nSPS) is 26.5. The van der Waals surface area contributed by atoms with E-state index in [-0.39, 0.29) is 0 Å². The van der Waals surface area contributed by atoms with E-state index in [1.165, 1.54) is 36.8 Å². The zero-order valence-corrected chi connectivity index (χ0v) is 9.66. The van der Waals surface area contributed by atoms with Crippen molar-refractivity contribution < 1.29 is 5.11 Å². The van der Waals surface area contributed by atoms with Crippen molar-refractivity contribution in [2.75, 3.05) is 0 Å². The van der Waals surface area contributed by atoms with Gasteiger partial charge in [-0.2, -0.15) is 0 Å². The van der Waals surface area contributed by atoms with Crippen LogP contribution in [0.25, 0.3) is 0 Å². The molecule has 2 atom stereocenters. The van der Waals surface area contributed by atoms with E-state index in [0.717, 1.165) is 5.92 Å². The van der Waals surface area contributed by atoms with Gasteiger partial charge in [0.2, 0.25) is 0 Å². The topological polar surface area (TPSA) is 20.2 Å². The fourth-order valence-corrected chi connectivity index (χ4v) is 2.83. The van der Waals surface area contributed by atoms with Gasteiger partial charge in [0, 0.05) is 0 Å². The molecule has 1 heteroatoms. The van der Waals surface area contributed by atoms with E-state index in [1.54, 1.807) is 0 Å². The van der Waals surface area contributed by atoms with Gasteiger partial charge in [0.25, 0.3) is 0 Å². The molecule has 1 aromatic rings. The number of hydrogen-bond acceptors (Lipinski definition) is 1. The lowest BCUT2D eigenvalue weighted by atomic mass is 9.77. The number of aryl methyl sites for hydroxylation is 1. The molecule has 1 N–H and O–H groups in total. The van der Waals surface area contributed by atoms with Crippen LogP contribution < -0.4 is 0 Å². The summed E-state index contributed by atoms with van der Waals surface area (Å²) in [6.07, 6.45) is 5.36. The van der Waals surface area contributed by atoms with Gasteiger partial charge in [-0.1, -0.05) is 25.8 Å². The van der Waals surface area contributed by atoms with Crippen molar-refractivity contribution in [1.82, 2.24) is 0 Å². The summed E-state index contributed by atoms with van der Waals surface area (Å²) >= 11 is 0. The lowest BCUT2D eigenvalue weighted by molar-refractivity contribution is 0.343. The van der Waals surface area contributed by atoms with Crippen LogP contribution in [0.1, 0.15) is 49.7 Å². The van der Waals surface area contributed by atoms with Gasteiger partial charge in [0.15, 0.2) is 0 Å². The van der Waals surface area contributed by atoms with Gasteiger partial charge in [0.1, 0.15) is 5.75 Å². The Morgan fingerprint density at radius 3 is 2.73 bits per heavy atom. The van der Waals surface area contributed by atoms with Gasteiger partial charge in [-0.25, -0.2) is 0 Å². The van der Waals surface area contributed by atoms with E-state index in [0.29, 0.717) is 11.7 Å². The molecule has 0 saturated heterocycles. The Kier molecular flexibility index (Phi) is 2.99. The zero-order valence-electron chi connectivity index (χ0n) is 9.66. The van der Waals surface area contributed by atoms with Crippen molar-refractivity contribution in [3.8, 4) is 5.75 Å². The second-order valence-electron chi connectivity index (χ2n) is 5.01. The minimum atomic E-state index is 0.389. The first-order valence-corrected chi connectivity index (χ1v) is 5.96. The summed E-state index contributed by atoms with van der Waals surface area (Å²) in [5, 5.41) is 9.39. The molecule has 1 aliphatic rings. The van der Waals surface area contributed by atoms with Gasteiger partial charge in [-0.3, -0.25) is 0 Å². The average molecular weight is 204 g/mol. The number of hydrogen-bond donors (Lipinski definition) is 1. The van der Waals surface area contributed by atoms with E-state index < -0.39 is 0 Å². The highest BCUT2D eigenvalue weighted by molar-refractivity contribution is 5.36. The molecule has 0 radical (unpaired) electrons. The summed E-state index contributed by atoms with van der Waals surface area (Å²) in [6, 6.07) is 5.81.